The van der Waals surface area contributed by atoms with Gasteiger partial charge in [0.05, 0.1) is 12.2 Å². The molecule has 0 N–H and O–H groups in total. The summed E-state index contributed by atoms with van der Waals surface area (Å²) in [6.07, 6.45) is 0.331. The van der Waals surface area contributed by atoms with Gasteiger partial charge in [0.1, 0.15) is 0 Å². The highest BCUT2D eigenvalue weighted by Gasteiger charge is 2.35. The van der Waals surface area contributed by atoms with Crippen molar-refractivity contribution in [2.75, 3.05) is 19.0 Å². The number of anilines is 1. The summed E-state index contributed by atoms with van der Waals surface area (Å²) < 4.78 is 11.4. The van der Waals surface area contributed by atoms with Crippen LogP contribution in [-0.4, -0.2) is 33.4 Å². The van der Waals surface area contributed by atoms with Crippen molar-refractivity contribution in [2.45, 2.75) is 26.1 Å². The monoisotopic (exact) mass is 219 g/mol. The van der Waals surface area contributed by atoms with E-state index in [1.54, 1.807) is 0 Å². The minimum atomic E-state index is -0.207. The summed E-state index contributed by atoms with van der Waals surface area (Å²) >= 11 is 0. The third-order valence-electron chi connectivity index (χ3n) is 3.02. The minimum absolute atomic E-state index is 0.165. The maximum Gasteiger partial charge on any atom is 0.494 e. The van der Waals surface area contributed by atoms with Gasteiger partial charge in [0, 0.05) is 19.8 Å². The van der Waals surface area contributed by atoms with Crippen molar-refractivity contribution in [3.63, 3.8) is 0 Å². The van der Waals surface area contributed by atoms with Crippen molar-refractivity contribution in [1.82, 2.24) is 0 Å². The van der Waals surface area contributed by atoms with E-state index in [4.69, 9.17) is 9.31 Å². The van der Waals surface area contributed by atoms with Crippen LogP contribution in [0.5, 0.6) is 0 Å². The average Bonchev–Trinajstić information content (AvgIpc) is 2.59. The number of nitrogens with zero attached hydrogens (tertiary/aromatic N) is 1. The van der Waals surface area contributed by atoms with Crippen molar-refractivity contribution in [3.8, 4) is 0 Å². The Hall–Kier alpha value is -0.995. The molecule has 4 heteroatoms. The summed E-state index contributed by atoms with van der Waals surface area (Å²) in [6.45, 7) is 4.08. The molecule has 3 nitrogen and oxygen atoms in total. The molecule has 1 aliphatic rings. The molecule has 16 heavy (non-hydrogen) atoms. The van der Waals surface area contributed by atoms with Crippen molar-refractivity contribution >= 4 is 18.3 Å². The van der Waals surface area contributed by atoms with E-state index in [0.29, 0.717) is 0 Å². The maximum absolute atomic E-state index is 5.72. The second-order valence-electron chi connectivity index (χ2n) is 4.50. The first-order chi connectivity index (χ1) is 7.58. The Morgan fingerprint density at radius 2 is 1.50 bits per heavy atom. The molecule has 0 aliphatic carbocycles. The molecule has 1 heterocycles. The van der Waals surface area contributed by atoms with E-state index in [-0.39, 0.29) is 19.3 Å². The van der Waals surface area contributed by atoms with Crippen LogP contribution in [-0.2, 0) is 9.31 Å². The number of hydrogen-bond acceptors (Lipinski definition) is 3. The number of rotatable bonds is 2. The molecular formula is C12H18BNO2. The van der Waals surface area contributed by atoms with Gasteiger partial charge in [-0.2, -0.15) is 0 Å². The van der Waals surface area contributed by atoms with Crippen molar-refractivity contribution in [1.29, 1.82) is 0 Å². The van der Waals surface area contributed by atoms with Crippen LogP contribution in [0.15, 0.2) is 24.3 Å². The Morgan fingerprint density at radius 3 is 1.94 bits per heavy atom. The molecule has 86 valence electrons. The van der Waals surface area contributed by atoms with Crippen LogP contribution in [0.2, 0.25) is 0 Å². The third kappa shape index (κ3) is 2.23. The Labute approximate surface area is 97.5 Å². The van der Waals surface area contributed by atoms with E-state index < -0.39 is 0 Å². The average molecular weight is 219 g/mol. The van der Waals surface area contributed by atoms with Gasteiger partial charge in [0.2, 0.25) is 0 Å². The quantitative estimate of drug-likeness (QED) is 0.699. The molecule has 2 unspecified atom stereocenters. The molecule has 0 saturated carbocycles. The van der Waals surface area contributed by atoms with Crippen LogP contribution in [0.25, 0.3) is 0 Å². The van der Waals surface area contributed by atoms with Gasteiger partial charge in [-0.3, -0.25) is 0 Å². The summed E-state index contributed by atoms with van der Waals surface area (Å²) in [5.74, 6) is 0. The van der Waals surface area contributed by atoms with Crippen molar-refractivity contribution in [2.24, 2.45) is 0 Å². The standard InChI is InChI=1S/C12H18BNO2/c1-9-10(2)16-13(15-9)11-5-7-12(8-6-11)14(3)4/h5-10H,1-4H3. The molecule has 0 amide bonds. The lowest BCUT2D eigenvalue weighted by Gasteiger charge is -2.13. The molecule has 1 aliphatic heterocycles. The highest BCUT2D eigenvalue weighted by molar-refractivity contribution is 6.61. The Kier molecular flexibility index (Phi) is 3.21. The zero-order chi connectivity index (χ0) is 11.7. The van der Waals surface area contributed by atoms with Crippen LogP contribution in [0.4, 0.5) is 5.69 Å². The summed E-state index contributed by atoms with van der Waals surface area (Å²) in [6, 6.07) is 8.28. The van der Waals surface area contributed by atoms with Gasteiger partial charge in [-0.05, 0) is 31.4 Å². The topological polar surface area (TPSA) is 21.7 Å². The van der Waals surface area contributed by atoms with Gasteiger partial charge in [-0.15, -0.1) is 0 Å². The van der Waals surface area contributed by atoms with E-state index in [1.807, 2.05) is 27.9 Å². The van der Waals surface area contributed by atoms with E-state index in [9.17, 15) is 0 Å². The van der Waals surface area contributed by atoms with E-state index in [0.717, 1.165) is 5.46 Å². The molecule has 2 atom stereocenters. The Morgan fingerprint density at radius 1 is 1.00 bits per heavy atom. The second kappa shape index (κ2) is 4.48. The molecule has 1 saturated heterocycles. The lowest BCUT2D eigenvalue weighted by Crippen LogP contribution is -2.32. The van der Waals surface area contributed by atoms with Crippen LogP contribution in [0.3, 0.4) is 0 Å². The van der Waals surface area contributed by atoms with Crippen LogP contribution < -0.4 is 10.4 Å². The first-order valence-electron chi connectivity index (χ1n) is 5.66. The van der Waals surface area contributed by atoms with Gasteiger partial charge in [-0.25, -0.2) is 0 Å². The molecule has 0 aromatic heterocycles. The lowest BCUT2D eigenvalue weighted by molar-refractivity contribution is 0.187. The van der Waals surface area contributed by atoms with Gasteiger partial charge in [0.15, 0.2) is 0 Å². The Bertz CT molecular complexity index is 343. The van der Waals surface area contributed by atoms with E-state index in [1.165, 1.54) is 5.69 Å². The van der Waals surface area contributed by atoms with Gasteiger partial charge in [0.25, 0.3) is 0 Å². The molecule has 1 aromatic rings. The zero-order valence-electron chi connectivity index (χ0n) is 10.3. The Balaban J connectivity index is 2.11. The fraction of sp³-hybridized carbons (Fsp3) is 0.500. The maximum atomic E-state index is 5.72. The molecule has 2 rings (SSSR count). The largest absolute Gasteiger partial charge is 0.494 e. The molecule has 0 spiro atoms. The van der Waals surface area contributed by atoms with Gasteiger partial charge in [-0.1, -0.05) is 12.1 Å². The fourth-order valence-corrected chi connectivity index (χ4v) is 1.73. The first kappa shape index (κ1) is 11.5. The van der Waals surface area contributed by atoms with Crippen LogP contribution in [0.1, 0.15) is 13.8 Å². The SMILES string of the molecule is CC1OB(c2ccc(N(C)C)cc2)OC1C. The van der Waals surface area contributed by atoms with Gasteiger partial charge >= 0.3 is 7.12 Å². The summed E-state index contributed by atoms with van der Waals surface area (Å²) in [5, 5.41) is 0. The fourth-order valence-electron chi connectivity index (χ4n) is 1.73. The van der Waals surface area contributed by atoms with Gasteiger partial charge < -0.3 is 14.2 Å². The number of hydrogen-bond donors (Lipinski definition) is 0. The van der Waals surface area contributed by atoms with Crippen LogP contribution >= 0.6 is 0 Å². The minimum Gasteiger partial charge on any atom is -0.402 e. The molecule has 0 radical (unpaired) electrons. The molecular weight excluding hydrogens is 201 g/mol. The lowest BCUT2D eigenvalue weighted by atomic mass is 9.79. The predicted molar refractivity (Wildman–Crippen MR) is 67.3 cm³/mol. The molecule has 1 fully saturated rings. The summed E-state index contributed by atoms with van der Waals surface area (Å²) in [4.78, 5) is 2.07. The third-order valence-corrected chi connectivity index (χ3v) is 3.02. The van der Waals surface area contributed by atoms with Crippen molar-refractivity contribution < 1.29 is 9.31 Å². The summed E-state index contributed by atoms with van der Waals surface area (Å²) in [7, 11) is 3.85. The second-order valence-corrected chi connectivity index (χ2v) is 4.50. The zero-order valence-corrected chi connectivity index (χ0v) is 10.3. The highest BCUT2D eigenvalue weighted by atomic mass is 16.7. The van der Waals surface area contributed by atoms with E-state index >= 15 is 0 Å². The summed E-state index contributed by atoms with van der Waals surface area (Å²) in [5.41, 5.74) is 2.27. The van der Waals surface area contributed by atoms with E-state index in [2.05, 4.69) is 29.2 Å². The van der Waals surface area contributed by atoms with Crippen molar-refractivity contribution in [3.05, 3.63) is 24.3 Å². The molecule has 0 bridgehead atoms. The predicted octanol–water partition coefficient (Wildman–Crippen LogP) is 1.27. The highest BCUT2D eigenvalue weighted by Crippen LogP contribution is 2.16. The molecule has 1 aromatic carbocycles. The normalized spacial score (nSPS) is 24.9. The smallest absolute Gasteiger partial charge is 0.402 e. The van der Waals surface area contributed by atoms with Crippen LogP contribution in [0, 0.1) is 0 Å². The first-order valence-corrected chi connectivity index (χ1v) is 5.66. The number of benzene rings is 1.